The smallest absolute Gasteiger partial charge is 0.331 e. The zero-order valence-corrected chi connectivity index (χ0v) is 9.12. The van der Waals surface area contributed by atoms with Gasteiger partial charge in [0.15, 0.2) is 0 Å². The molecule has 0 bridgehead atoms. The van der Waals surface area contributed by atoms with Crippen LogP contribution in [0, 0.1) is 0 Å². The van der Waals surface area contributed by atoms with E-state index in [9.17, 15) is 4.79 Å². The quantitative estimate of drug-likeness (QED) is 0.291. The third-order valence-electron chi connectivity index (χ3n) is 1.71. The van der Waals surface area contributed by atoms with Crippen molar-refractivity contribution in [3.63, 3.8) is 0 Å². The van der Waals surface area contributed by atoms with Crippen LogP contribution in [0.4, 0.5) is 0 Å². The fourth-order valence-electron chi connectivity index (χ4n) is 0.957. The molecule has 0 aliphatic rings. The normalized spacial score (nSPS) is 13.4. The van der Waals surface area contributed by atoms with Crippen molar-refractivity contribution in [3.05, 3.63) is 36.5 Å². The van der Waals surface area contributed by atoms with Crippen molar-refractivity contribution >= 4 is 5.97 Å². The van der Waals surface area contributed by atoms with Gasteiger partial charge in [0.2, 0.25) is 0 Å². The van der Waals surface area contributed by atoms with Gasteiger partial charge in [-0.05, 0) is 25.8 Å². The summed E-state index contributed by atoms with van der Waals surface area (Å²) in [5.74, 6) is -0.321. The molecule has 0 saturated carbocycles. The molecular weight excluding hydrogens is 176 g/mol. The molecule has 0 radical (unpaired) electrons. The summed E-state index contributed by atoms with van der Waals surface area (Å²) in [6.07, 6.45) is 7.29. The highest BCUT2D eigenvalue weighted by Gasteiger charge is 2.10. The molecule has 0 aliphatic heterocycles. The number of rotatable bonds is 5. The number of carbonyl (C=O) groups is 1. The lowest BCUT2D eigenvalue weighted by Crippen LogP contribution is -2.16. The van der Waals surface area contributed by atoms with Crippen LogP contribution in [-0.4, -0.2) is 12.1 Å². The molecule has 0 aliphatic carbocycles. The summed E-state index contributed by atoms with van der Waals surface area (Å²) >= 11 is 0. The number of hydrogen-bond donors (Lipinski definition) is 0. The molecule has 0 amide bonds. The molecule has 2 heteroatoms. The molecule has 0 saturated heterocycles. The summed E-state index contributed by atoms with van der Waals surface area (Å²) in [6, 6.07) is 0. The van der Waals surface area contributed by atoms with Gasteiger partial charge in [0, 0.05) is 6.08 Å². The van der Waals surface area contributed by atoms with Crippen LogP contribution in [0.5, 0.6) is 0 Å². The minimum atomic E-state index is -0.321. The average Bonchev–Trinajstić information content (AvgIpc) is 2.14. The van der Waals surface area contributed by atoms with Gasteiger partial charge in [-0.15, -0.1) is 0 Å². The number of carbonyl (C=O) groups excluding carboxylic acids is 1. The standard InChI is InChI=1S/C12H18O2/c1-5-7-8-9-12(13)14-11(6-2)10(3)4/h5,7-9,11H,3,6H2,1-2,4H3/b7-5+,9-8+. The molecule has 0 fully saturated rings. The summed E-state index contributed by atoms with van der Waals surface area (Å²) < 4.78 is 5.15. The van der Waals surface area contributed by atoms with E-state index in [0.717, 1.165) is 12.0 Å². The molecular formula is C12H18O2. The molecule has 0 heterocycles. The first-order valence-corrected chi connectivity index (χ1v) is 4.77. The highest BCUT2D eigenvalue weighted by atomic mass is 16.5. The molecule has 78 valence electrons. The third kappa shape index (κ3) is 5.36. The predicted molar refractivity (Wildman–Crippen MR) is 58.9 cm³/mol. The number of allylic oxidation sites excluding steroid dienone is 3. The SMILES string of the molecule is C=C(C)C(CC)OC(=O)/C=C/C=C/C. The Bertz CT molecular complexity index is 249. The monoisotopic (exact) mass is 194 g/mol. The summed E-state index contributed by atoms with van der Waals surface area (Å²) in [7, 11) is 0. The summed E-state index contributed by atoms with van der Waals surface area (Å²) in [4.78, 5) is 11.2. The van der Waals surface area contributed by atoms with Gasteiger partial charge in [-0.25, -0.2) is 4.79 Å². The Morgan fingerprint density at radius 1 is 1.50 bits per heavy atom. The fourth-order valence-corrected chi connectivity index (χ4v) is 0.957. The van der Waals surface area contributed by atoms with E-state index in [4.69, 9.17) is 4.74 Å². The van der Waals surface area contributed by atoms with Crippen molar-refractivity contribution in [1.29, 1.82) is 0 Å². The molecule has 0 rings (SSSR count). The number of hydrogen-bond acceptors (Lipinski definition) is 2. The molecule has 0 spiro atoms. The Balaban J connectivity index is 4.09. The predicted octanol–water partition coefficient (Wildman–Crippen LogP) is 3.02. The van der Waals surface area contributed by atoms with Gasteiger partial charge in [0.1, 0.15) is 6.10 Å². The van der Waals surface area contributed by atoms with Crippen molar-refractivity contribution in [2.45, 2.75) is 33.3 Å². The van der Waals surface area contributed by atoms with Crippen LogP contribution in [-0.2, 0) is 9.53 Å². The van der Waals surface area contributed by atoms with E-state index in [1.54, 1.807) is 12.2 Å². The van der Waals surface area contributed by atoms with Gasteiger partial charge in [0.25, 0.3) is 0 Å². The maximum absolute atomic E-state index is 11.2. The highest BCUT2D eigenvalue weighted by molar-refractivity contribution is 5.82. The summed E-state index contributed by atoms with van der Waals surface area (Å²) in [5, 5.41) is 0. The van der Waals surface area contributed by atoms with Crippen LogP contribution in [0.2, 0.25) is 0 Å². The van der Waals surface area contributed by atoms with Gasteiger partial charge in [-0.3, -0.25) is 0 Å². The van der Waals surface area contributed by atoms with Crippen LogP contribution in [0.15, 0.2) is 36.5 Å². The minimum absolute atomic E-state index is 0.169. The molecule has 0 N–H and O–H groups in total. The second kappa shape index (κ2) is 7.13. The van der Waals surface area contributed by atoms with Gasteiger partial charge in [-0.1, -0.05) is 31.7 Å². The Kier molecular flexibility index (Phi) is 6.46. The van der Waals surface area contributed by atoms with E-state index in [0.29, 0.717) is 0 Å². The van der Waals surface area contributed by atoms with Gasteiger partial charge < -0.3 is 4.74 Å². The first-order valence-electron chi connectivity index (χ1n) is 4.77. The van der Waals surface area contributed by atoms with Crippen LogP contribution < -0.4 is 0 Å². The third-order valence-corrected chi connectivity index (χ3v) is 1.71. The summed E-state index contributed by atoms with van der Waals surface area (Å²) in [6.45, 7) is 9.47. The number of esters is 1. The Hall–Kier alpha value is -1.31. The van der Waals surface area contributed by atoms with E-state index < -0.39 is 0 Å². The van der Waals surface area contributed by atoms with Crippen LogP contribution in [0.3, 0.4) is 0 Å². The molecule has 1 unspecified atom stereocenters. The topological polar surface area (TPSA) is 26.3 Å². The zero-order chi connectivity index (χ0) is 11.0. The van der Waals surface area contributed by atoms with Crippen LogP contribution in [0.25, 0.3) is 0 Å². The van der Waals surface area contributed by atoms with Crippen molar-refractivity contribution in [2.24, 2.45) is 0 Å². The average molecular weight is 194 g/mol. The molecule has 2 nitrogen and oxygen atoms in total. The van der Waals surface area contributed by atoms with Crippen LogP contribution in [0.1, 0.15) is 27.2 Å². The maximum atomic E-state index is 11.2. The Labute approximate surface area is 86.0 Å². The zero-order valence-electron chi connectivity index (χ0n) is 9.12. The maximum Gasteiger partial charge on any atom is 0.331 e. The van der Waals surface area contributed by atoms with E-state index in [1.165, 1.54) is 6.08 Å². The summed E-state index contributed by atoms with van der Waals surface area (Å²) in [5.41, 5.74) is 0.875. The van der Waals surface area contributed by atoms with E-state index >= 15 is 0 Å². The van der Waals surface area contributed by atoms with E-state index in [1.807, 2.05) is 26.8 Å². The van der Waals surface area contributed by atoms with E-state index in [2.05, 4.69) is 6.58 Å². The van der Waals surface area contributed by atoms with Crippen molar-refractivity contribution in [1.82, 2.24) is 0 Å². The molecule has 14 heavy (non-hydrogen) atoms. The largest absolute Gasteiger partial charge is 0.455 e. The first-order chi connectivity index (χ1) is 6.61. The Morgan fingerprint density at radius 2 is 2.14 bits per heavy atom. The number of ether oxygens (including phenoxy) is 1. The second-order valence-electron chi connectivity index (χ2n) is 3.07. The molecule has 1 atom stereocenters. The van der Waals surface area contributed by atoms with Crippen molar-refractivity contribution in [2.75, 3.05) is 0 Å². The van der Waals surface area contributed by atoms with Crippen molar-refractivity contribution in [3.8, 4) is 0 Å². The molecule has 0 aromatic heterocycles. The second-order valence-corrected chi connectivity index (χ2v) is 3.07. The van der Waals surface area contributed by atoms with Gasteiger partial charge >= 0.3 is 5.97 Å². The fraction of sp³-hybridized carbons (Fsp3) is 0.417. The highest BCUT2D eigenvalue weighted by Crippen LogP contribution is 2.08. The lowest BCUT2D eigenvalue weighted by Gasteiger charge is -2.14. The van der Waals surface area contributed by atoms with E-state index in [-0.39, 0.29) is 12.1 Å². The van der Waals surface area contributed by atoms with Crippen molar-refractivity contribution < 1.29 is 9.53 Å². The lowest BCUT2D eigenvalue weighted by atomic mass is 10.1. The molecule has 0 aromatic carbocycles. The van der Waals surface area contributed by atoms with Gasteiger partial charge in [-0.2, -0.15) is 0 Å². The minimum Gasteiger partial charge on any atom is -0.455 e. The van der Waals surface area contributed by atoms with Crippen LogP contribution >= 0.6 is 0 Å². The first kappa shape index (κ1) is 12.7. The Morgan fingerprint density at radius 3 is 2.57 bits per heavy atom. The van der Waals surface area contributed by atoms with Gasteiger partial charge in [0.05, 0.1) is 0 Å². The lowest BCUT2D eigenvalue weighted by molar-refractivity contribution is -0.141. The molecule has 0 aromatic rings.